The zero-order valence-corrected chi connectivity index (χ0v) is 14.7. The Labute approximate surface area is 144 Å². The summed E-state index contributed by atoms with van der Waals surface area (Å²) in [6.07, 6.45) is 0. The summed E-state index contributed by atoms with van der Waals surface area (Å²) in [4.78, 5) is 0.883. The summed E-state index contributed by atoms with van der Waals surface area (Å²) in [5, 5.41) is 0.754. The van der Waals surface area contributed by atoms with E-state index in [1.165, 1.54) is 11.4 Å². The molecule has 1 atom stereocenters. The minimum Gasteiger partial charge on any atom is -0.497 e. The van der Waals surface area contributed by atoms with E-state index in [9.17, 15) is 4.57 Å². The molecule has 0 spiro atoms. The molecule has 0 aromatic heterocycles. The molecule has 0 amide bonds. The molecule has 3 nitrogen and oxygen atoms in total. The van der Waals surface area contributed by atoms with E-state index in [4.69, 9.17) is 9.26 Å². The van der Waals surface area contributed by atoms with Crippen LogP contribution in [0.4, 0.5) is 0 Å². The molecule has 0 bridgehead atoms. The molecule has 1 aliphatic heterocycles. The highest BCUT2D eigenvalue weighted by Crippen LogP contribution is 2.65. The number of fused-ring (bicyclic) bond motifs is 3. The van der Waals surface area contributed by atoms with Gasteiger partial charge >= 0.3 is 6.57 Å². The van der Waals surface area contributed by atoms with Gasteiger partial charge in [-0.2, -0.15) is 0 Å². The van der Waals surface area contributed by atoms with Crippen LogP contribution in [0.25, 0.3) is 11.1 Å². The smallest absolute Gasteiger partial charge is 0.338 e. The van der Waals surface area contributed by atoms with Gasteiger partial charge in [0, 0.05) is 16.0 Å². The maximum Gasteiger partial charge on any atom is 0.338 e. The Balaban J connectivity index is 1.79. The van der Waals surface area contributed by atoms with E-state index in [0.29, 0.717) is 5.75 Å². The highest BCUT2D eigenvalue weighted by Gasteiger charge is 2.37. The molecular weight excluding hydrogens is 339 g/mol. The van der Waals surface area contributed by atoms with Crippen LogP contribution in [0.3, 0.4) is 0 Å². The van der Waals surface area contributed by atoms with E-state index in [1.54, 1.807) is 7.11 Å². The predicted octanol–water partition coefficient (Wildman–Crippen LogP) is 5.37. The molecule has 3 aromatic carbocycles. The number of ether oxygens (including phenoxy) is 1. The summed E-state index contributed by atoms with van der Waals surface area (Å²) in [6.45, 7) is -3.11. The lowest BCUT2D eigenvalue weighted by atomic mass is 10.0. The zero-order chi connectivity index (χ0) is 16.6. The minimum atomic E-state index is -3.11. The first-order valence-corrected chi connectivity index (χ1v) is 10.6. The quantitative estimate of drug-likeness (QED) is 0.593. The lowest BCUT2D eigenvalue weighted by molar-refractivity contribution is 0.414. The van der Waals surface area contributed by atoms with Crippen molar-refractivity contribution in [2.24, 2.45) is 0 Å². The fourth-order valence-electron chi connectivity index (χ4n) is 2.73. The summed E-state index contributed by atoms with van der Waals surface area (Å²) in [5.41, 5.74) is 1.96. The molecule has 4 rings (SSSR count). The van der Waals surface area contributed by atoms with E-state index >= 15 is 0 Å². The molecule has 0 N–H and O–H groups in total. The highest BCUT2D eigenvalue weighted by molar-refractivity contribution is 8.59. The molecular formula is C19H15O3PS. The van der Waals surface area contributed by atoms with Gasteiger partial charge in [-0.15, -0.1) is 0 Å². The third-order valence-electron chi connectivity index (χ3n) is 3.88. The number of hydrogen-bond donors (Lipinski definition) is 0. The van der Waals surface area contributed by atoms with Gasteiger partial charge in [-0.05, 0) is 47.8 Å². The SMILES string of the molecule is COc1ccc(SP2(=O)Oc3ccccc3-c3ccccc32)cc1. The van der Waals surface area contributed by atoms with Gasteiger partial charge in [-0.1, -0.05) is 36.4 Å². The molecule has 0 radical (unpaired) electrons. The molecule has 0 fully saturated rings. The van der Waals surface area contributed by atoms with E-state index in [-0.39, 0.29) is 0 Å². The molecule has 0 saturated heterocycles. The van der Waals surface area contributed by atoms with Crippen molar-refractivity contribution in [2.45, 2.75) is 4.90 Å². The first-order valence-electron chi connectivity index (χ1n) is 7.52. The first kappa shape index (κ1) is 15.4. The molecule has 3 aromatic rings. The Hall–Kier alpha value is -2.16. The van der Waals surface area contributed by atoms with Gasteiger partial charge < -0.3 is 9.26 Å². The maximum absolute atomic E-state index is 13.7. The highest BCUT2D eigenvalue weighted by atomic mass is 32.7. The summed E-state index contributed by atoms with van der Waals surface area (Å²) < 4.78 is 24.8. The van der Waals surface area contributed by atoms with Crippen LogP contribution in [0.5, 0.6) is 11.5 Å². The van der Waals surface area contributed by atoms with Gasteiger partial charge in [-0.3, -0.25) is 4.57 Å². The van der Waals surface area contributed by atoms with Crippen molar-refractivity contribution in [2.75, 3.05) is 7.11 Å². The third kappa shape index (κ3) is 2.62. The number of methoxy groups -OCH3 is 1. The molecule has 0 aliphatic carbocycles. The molecule has 1 aliphatic rings. The lowest BCUT2D eigenvalue weighted by Crippen LogP contribution is -2.15. The number of hydrogen-bond acceptors (Lipinski definition) is 4. The van der Waals surface area contributed by atoms with Gasteiger partial charge in [-0.25, -0.2) is 0 Å². The molecule has 1 heterocycles. The second kappa shape index (κ2) is 6.04. The van der Waals surface area contributed by atoms with E-state index in [0.717, 1.165) is 27.1 Å². The molecule has 120 valence electrons. The Bertz CT molecular complexity index is 937. The number of para-hydroxylation sites is 1. The molecule has 5 heteroatoms. The maximum atomic E-state index is 13.7. The monoisotopic (exact) mass is 354 g/mol. The van der Waals surface area contributed by atoms with Crippen LogP contribution in [0, 0.1) is 0 Å². The summed E-state index contributed by atoms with van der Waals surface area (Å²) in [5.74, 6) is 1.44. The predicted molar refractivity (Wildman–Crippen MR) is 98.6 cm³/mol. The van der Waals surface area contributed by atoms with Crippen LogP contribution in [-0.2, 0) is 4.57 Å². The van der Waals surface area contributed by atoms with Crippen molar-refractivity contribution in [1.29, 1.82) is 0 Å². The van der Waals surface area contributed by atoms with Crippen molar-refractivity contribution < 1.29 is 13.8 Å². The van der Waals surface area contributed by atoms with E-state index < -0.39 is 6.57 Å². The van der Waals surface area contributed by atoms with Crippen LogP contribution < -0.4 is 14.6 Å². The van der Waals surface area contributed by atoms with Crippen LogP contribution in [0.2, 0.25) is 0 Å². The average Bonchev–Trinajstić information content (AvgIpc) is 2.62. The number of benzene rings is 3. The summed E-state index contributed by atoms with van der Waals surface area (Å²) >= 11 is 1.27. The molecule has 24 heavy (non-hydrogen) atoms. The van der Waals surface area contributed by atoms with Crippen molar-refractivity contribution >= 4 is 23.3 Å². The van der Waals surface area contributed by atoms with E-state index in [1.807, 2.05) is 72.8 Å². The minimum absolute atomic E-state index is 0.667. The van der Waals surface area contributed by atoms with Gasteiger partial charge in [0.05, 0.1) is 12.4 Å². The van der Waals surface area contributed by atoms with Crippen molar-refractivity contribution in [3.63, 3.8) is 0 Å². The van der Waals surface area contributed by atoms with Crippen LogP contribution >= 0.6 is 18.0 Å². The average molecular weight is 354 g/mol. The van der Waals surface area contributed by atoms with Crippen LogP contribution in [-0.4, -0.2) is 7.11 Å². The molecule has 0 saturated carbocycles. The Kier molecular flexibility index (Phi) is 3.87. The fourth-order valence-corrected chi connectivity index (χ4v) is 7.00. The standard InChI is InChI=1S/C19H15O3PS/c1-21-14-10-12-15(13-11-14)24-23(20)19-9-5-3-7-17(19)16-6-2-4-8-18(16)22-23/h2-13H,1H3. The number of rotatable bonds is 3. The van der Waals surface area contributed by atoms with Gasteiger partial charge in [0.15, 0.2) is 0 Å². The summed E-state index contributed by atoms with van der Waals surface area (Å²) in [6, 6.07) is 23.0. The second-order valence-electron chi connectivity index (χ2n) is 5.37. The van der Waals surface area contributed by atoms with Crippen molar-refractivity contribution in [3.8, 4) is 22.6 Å². The Morgan fingerprint density at radius 3 is 2.29 bits per heavy atom. The normalized spacial score (nSPS) is 18.2. The Morgan fingerprint density at radius 1 is 0.875 bits per heavy atom. The van der Waals surface area contributed by atoms with Crippen LogP contribution in [0.15, 0.2) is 77.7 Å². The lowest BCUT2D eigenvalue weighted by Gasteiger charge is -2.27. The summed E-state index contributed by atoms with van der Waals surface area (Å²) in [7, 11) is 1.63. The van der Waals surface area contributed by atoms with Crippen LogP contribution in [0.1, 0.15) is 0 Å². The van der Waals surface area contributed by atoms with Gasteiger partial charge in [0.1, 0.15) is 11.5 Å². The second-order valence-corrected chi connectivity index (χ2v) is 9.67. The molecule has 1 unspecified atom stereocenters. The van der Waals surface area contributed by atoms with Gasteiger partial charge in [0.2, 0.25) is 0 Å². The largest absolute Gasteiger partial charge is 0.497 e. The third-order valence-corrected chi connectivity index (χ3v) is 8.19. The van der Waals surface area contributed by atoms with E-state index in [2.05, 4.69) is 0 Å². The Morgan fingerprint density at radius 2 is 1.54 bits per heavy atom. The first-order chi connectivity index (χ1) is 11.7. The van der Waals surface area contributed by atoms with Crippen molar-refractivity contribution in [3.05, 3.63) is 72.8 Å². The fraction of sp³-hybridized carbons (Fsp3) is 0.0526. The topological polar surface area (TPSA) is 35.5 Å². The van der Waals surface area contributed by atoms with Crippen molar-refractivity contribution in [1.82, 2.24) is 0 Å². The van der Waals surface area contributed by atoms with Gasteiger partial charge in [0.25, 0.3) is 0 Å². The zero-order valence-electron chi connectivity index (χ0n) is 13.0.